The van der Waals surface area contributed by atoms with Crippen LogP contribution >= 0.6 is 11.6 Å². The normalized spacial score (nSPS) is 11.4. The molecule has 4 aromatic rings. The van der Waals surface area contributed by atoms with Crippen LogP contribution in [0, 0.1) is 13.8 Å². The Morgan fingerprint density at radius 1 is 0.971 bits per heavy atom. The molecule has 0 aliphatic heterocycles. The molecule has 0 bridgehead atoms. The monoisotopic (exact) mass is 498 g/mol. The number of anilines is 1. The van der Waals surface area contributed by atoms with E-state index in [1.54, 1.807) is 62.4 Å². The van der Waals surface area contributed by atoms with Gasteiger partial charge in [0.15, 0.2) is 0 Å². The number of ether oxygens (including phenoxy) is 1. The third-order valence-electron chi connectivity index (χ3n) is 5.54. The number of alkyl halides is 3. The summed E-state index contributed by atoms with van der Waals surface area (Å²) in [5.74, 6) is 0.131. The number of carbonyl (C=O) groups excluding carboxylic acids is 1. The van der Waals surface area contributed by atoms with Crippen LogP contribution in [0.25, 0.3) is 5.69 Å². The Hall–Kier alpha value is -3.71. The Kier molecular flexibility index (Phi) is 6.89. The Morgan fingerprint density at radius 3 is 2.40 bits per heavy atom. The molecule has 1 aromatic heterocycles. The molecular weight excluding hydrogens is 477 g/mol. The zero-order chi connectivity index (χ0) is 25.2. The minimum absolute atomic E-state index is 0.0216. The highest BCUT2D eigenvalue weighted by Gasteiger charge is 2.34. The molecule has 0 saturated carbocycles. The number of aryl methyl sites for hydroxylation is 1. The summed E-state index contributed by atoms with van der Waals surface area (Å²) >= 11 is 5.90. The van der Waals surface area contributed by atoms with Gasteiger partial charge >= 0.3 is 6.18 Å². The van der Waals surface area contributed by atoms with Crippen molar-refractivity contribution in [2.45, 2.75) is 26.6 Å². The number of para-hydroxylation sites is 1. The molecule has 0 atom stereocenters. The predicted octanol–water partition coefficient (Wildman–Crippen LogP) is 7.60. The van der Waals surface area contributed by atoms with Gasteiger partial charge in [0.2, 0.25) is 0 Å². The van der Waals surface area contributed by atoms with E-state index in [-0.39, 0.29) is 11.3 Å². The fourth-order valence-corrected chi connectivity index (χ4v) is 4.01. The lowest BCUT2D eigenvalue weighted by atomic mass is 10.1. The van der Waals surface area contributed by atoms with Crippen LogP contribution in [0.2, 0.25) is 5.02 Å². The third-order valence-corrected chi connectivity index (χ3v) is 5.79. The average Bonchev–Trinajstić information content (AvgIpc) is 3.12. The maximum absolute atomic E-state index is 13.6. The van der Waals surface area contributed by atoms with Crippen molar-refractivity contribution in [2.75, 3.05) is 5.32 Å². The van der Waals surface area contributed by atoms with E-state index < -0.39 is 17.6 Å². The zero-order valence-corrected chi connectivity index (χ0v) is 19.7. The first-order valence-electron chi connectivity index (χ1n) is 10.8. The second kappa shape index (κ2) is 9.88. The highest BCUT2D eigenvalue weighted by atomic mass is 35.5. The number of nitrogens with one attached hydrogen (secondary N) is 1. The van der Waals surface area contributed by atoms with Gasteiger partial charge in [-0.15, -0.1) is 0 Å². The van der Waals surface area contributed by atoms with Crippen LogP contribution in [0.15, 0.2) is 78.9 Å². The highest BCUT2D eigenvalue weighted by Crippen LogP contribution is 2.35. The molecule has 1 amide bonds. The Bertz CT molecular complexity index is 1360. The number of hydrogen-bond acceptors (Lipinski definition) is 2. The van der Waals surface area contributed by atoms with E-state index in [0.717, 1.165) is 11.6 Å². The number of rotatable bonds is 6. The van der Waals surface area contributed by atoms with E-state index in [1.165, 1.54) is 16.7 Å². The third kappa shape index (κ3) is 5.52. The number of benzene rings is 3. The fourth-order valence-electron chi connectivity index (χ4n) is 3.88. The van der Waals surface area contributed by atoms with Crippen molar-refractivity contribution in [1.82, 2.24) is 4.57 Å². The van der Waals surface area contributed by atoms with Gasteiger partial charge in [-0.25, -0.2) is 0 Å². The molecule has 1 N–H and O–H groups in total. The van der Waals surface area contributed by atoms with Gasteiger partial charge in [0.25, 0.3) is 5.91 Å². The summed E-state index contributed by atoms with van der Waals surface area (Å²) in [6.07, 6.45) is -4.52. The second-order valence-corrected chi connectivity index (χ2v) is 8.47. The van der Waals surface area contributed by atoms with Crippen molar-refractivity contribution < 1.29 is 22.7 Å². The molecule has 0 unspecified atom stereocenters. The van der Waals surface area contributed by atoms with Crippen LogP contribution in [0.1, 0.15) is 32.9 Å². The van der Waals surface area contributed by atoms with Crippen LogP contribution in [-0.4, -0.2) is 10.5 Å². The van der Waals surface area contributed by atoms with Gasteiger partial charge < -0.3 is 14.6 Å². The van der Waals surface area contributed by atoms with Crippen LogP contribution in [0.3, 0.4) is 0 Å². The first-order valence-corrected chi connectivity index (χ1v) is 11.2. The summed E-state index contributed by atoms with van der Waals surface area (Å²) in [4.78, 5) is 13.0. The Morgan fingerprint density at radius 2 is 1.69 bits per heavy atom. The van der Waals surface area contributed by atoms with Gasteiger partial charge in [-0.05, 0) is 61.9 Å². The largest absolute Gasteiger partial charge is 0.489 e. The SMILES string of the molecule is Cc1cc(C(=O)Nc2cccc(OCc3ccc(Cl)cc3)c2)c(C)n1-c1ccccc1C(F)(F)F. The van der Waals surface area contributed by atoms with E-state index in [9.17, 15) is 18.0 Å². The van der Waals surface area contributed by atoms with Crippen molar-refractivity contribution in [3.63, 3.8) is 0 Å². The van der Waals surface area contributed by atoms with Gasteiger partial charge in [-0.2, -0.15) is 13.2 Å². The number of amides is 1. The summed E-state index contributed by atoms with van der Waals surface area (Å²) in [5.41, 5.74) is 1.87. The molecule has 3 aromatic carbocycles. The predicted molar refractivity (Wildman–Crippen MR) is 130 cm³/mol. The molecule has 4 nitrogen and oxygen atoms in total. The molecule has 8 heteroatoms. The Labute approximate surface area is 205 Å². The summed E-state index contributed by atoms with van der Waals surface area (Å²) in [7, 11) is 0. The van der Waals surface area contributed by atoms with Crippen molar-refractivity contribution in [2.24, 2.45) is 0 Å². The molecule has 0 spiro atoms. The summed E-state index contributed by atoms with van der Waals surface area (Å²) in [6.45, 7) is 3.62. The quantitative estimate of drug-likeness (QED) is 0.297. The van der Waals surface area contributed by atoms with E-state index in [1.807, 2.05) is 12.1 Å². The minimum atomic E-state index is -4.52. The molecule has 180 valence electrons. The topological polar surface area (TPSA) is 43.3 Å². The van der Waals surface area contributed by atoms with Gasteiger partial charge in [0, 0.05) is 28.2 Å². The lowest BCUT2D eigenvalue weighted by molar-refractivity contribution is -0.137. The van der Waals surface area contributed by atoms with E-state index in [2.05, 4.69) is 5.32 Å². The van der Waals surface area contributed by atoms with Crippen molar-refractivity contribution in [3.8, 4) is 11.4 Å². The number of nitrogens with zero attached hydrogens (tertiary/aromatic N) is 1. The molecule has 35 heavy (non-hydrogen) atoms. The van der Waals surface area contributed by atoms with Crippen molar-refractivity contribution >= 4 is 23.2 Å². The molecule has 0 aliphatic rings. The van der Waals surface area contributed by atoms with Crippen LogP contribution in [-0.2, 0) is 12.8 Å². The van der Waals surface area contributed by atoms with Gasteiger partial charge in [0.1, 0.15) is 12.4 Å². The van der Waals surface area contributed by atoms with Crippen LogP contribution < -0.4 is 10.1 Å². The summed E-state index contributed by atoms with van der Waals surface area (Å²) in [5, 5.41) is 3.45. The smallest absolute Gasteiger partial charge is 0.418 e. The number of halogens is 4. The highest BCUT2D eigenvalue weighted by molar-refractivity contribution is 6.30. The lowest BCUT2D eigenvalue weighted by Crippen LogP contribution is -2.15. The molecule has 0 saturated heterocycles. The first-order chi connectivity index (χ1) is 16.6. The van der Waals surface area contributed by atoms with Crippen LogP contribution in [0.5, 0.6) is 5.75 Å². The maximum atomic E-state index is 13.6. The minimum Gasteiger partial charge on any atom is -0.489 e. The Balaban J connectivity index is 1.54. The van der Waals surface area contributed by atoms with Crippen molar-refractivity contribution in [3.05, 3.63) is 112 Å². The maximum Gasteiger partial charge on any atom is 0.418 e. The zero-order valence-electron chi connectivity index (χ0n) is 19.0. The van der Waals surface area contributed by atoms with E-state index in [0.29, 0.717) is 34.5 Å². The molecular formula is C27H22ClF3N2O2. The van der Waals surface area contributed by atoms with Gasteiger partial charge in [-0.3, -0.25) is 4.79 Å². The second-order valence-electron chi connectivity index (χ2n) is 8.03. The van der Waals surface area contributed by atoms with Crippen LogP contribution in [0.4, 0.5) is 18.9 Å². The number of aromatic nitrogens is 1. The summed E-state index contributed by atoms with van der Waals surface area (Å²) in [6, 6.07) is 21.1. The molecule has 4 rings (SSSR count). The van der Waals surface area contributed by atoms with E-state index in [4.69, 9.17) is 16.3 Å². The lowest BCUT2D eigenvalue weighted by Gasteiger charge is -2.17. The van der Waals surface area contributed by atoms with Gasteiger partial charge in [0.05, 0.1) is 16.8 Å². The number of hydrogen-bond donors (Lipinski definition) is 1. The molecule has 0 radical (unpaired) electrons. The molecule has 1 heterocycles. The standard InChI is InChI=1S/C27H22ClF3N2O2/c1-17-14-23(18(2)33(17)25-9-4-3-8-24(25)27(29,30)31)26(34)32-21-6-5-7-22(15-21)35-16-19-10-12-20(28)13-11-19/h3-15H,16H2,1-2H3,(H,32,34). The van der Waals surface area contributed by atoms with E-state index >= 15 is 0 Å². The first kappa shape index (κ1) is 24.4. The average molecular weight is 499 g/mol. The van der Waals surface area contributed by atoms with Gasteiger partial charge in [-0.1, -0.05) is 41.9 Å². The number of carbonyl (C=O) groups is 1. The molecule has 0 aliphatic carbocycles. The van der Waals surface area contributed by atoms with Crippen molar-refractivity contribution in [1.29, 1.82) is 0 Å². The summed E-state index contributed by atoms with van der Waals surface area (Å²) < 4.78 is 48.0. The molecule has 0 fully saturated rings. The fraction of sp³-hybridized carbons (Fsp3) is 0.148.